The van der Waals surface area contributed by atoms with E-state index in [1.807, 2.05) is 12.1 Å². The molecule has 76 valence electrons. The highest BCUT2D eigenvalue weighted by molar-refractivity contribution is 6.13. The van der Waals surface area contributed by atoms with Crippen molar-refractivity contribution in [3.63, 3.8) is 0 Å². The fourth-order valence-corrected chi connectivity index (χ4v) is 1.75. The van der Waals surface area contributed by atoms with E-state index in [1.165, 1.54) is 17.9 Å². The summed E-state index contributed by atoms with van der Waals surface area (Å²) in [6, 6.07) is 5.49. The Morgan fingerprint density at radius 3 is 2.87 bits per heavy atom. The summed E-state index contributed by atoms with van der Waals surface area (Å²) < 4.78 is 0. The Balaban J connectivity index is 1.90. The second-order valence-electron chi connectivity index (χ2n) is 3.94. The largest absolute Gasteiger partial charge is 0.272 e. The zero-order valence-corrected chi connectivity index (χ0v) is 8.26. The topological polar surface area (TPSA) is 45.6 Å². The first kappa shape index (κ1) is 8.59. The van der Waals surface area contributed by atoms with E-state index >= 15 is 0 Å². The van der Waals surface area contributed by atoms with Gasteiger partial charge in [-0.15, -0.1) is 0 Å². The molecule has 0 N–H and O–H groups in total. The molecule has 1 fully saturated rings. The SMILES string of the molecule is O=C1CC(C2CC2)=NN1c1ccccn1. The third-order valence-corrected chi connectivity index (χ3v) is 2.71. The minimum Gasteiger partial charge on any atom is -0.272 e. The van der Waals surface area contributed by atoms with E-state index in [0.29, 0.717) is 18.2 Å². The molecule has 0 bridgehead atoms. The third kappa shape index (κ3) is 1.52. The van der Waals surface area contributed by atoms with E-state index < -0.39 is 0 Å². The second-order valence-corrected chi connectivity index (χ2v) is 3.94. The monoisotopic (exact) mass is 201 g/mol. The number of anilines is 1. The average Bonchev–Trinajstić information content (AvgIpc) is 3.04. The highest BCUT2D eigenvalue weighted by Crippen LogP contribution is 2.35. The maximum atomic E-state index is 11.7. The number of pyridine rings is 1. The van der Waals surface area contributed by atoms with Crippen molar-refractivity contribution < 1.29 is 4.79 Å². The summed E-state index contributed by atoms with van der Waals surface area (Å²) in [5.41, 5.74) is 1.03. The Kier molecular flexibility index (Phi) is 1.80. The Morgan fingerprint density at radius 2 is 2.20 bits per heavy atom. The molecule has 0 radical (unpaired) electrons. The molecule has 15 heavy (non-hydrogen) atoms. The normalized spacial score (nSPS) is 20.7. The molecule has 1 aliphatic heterocycles. The molecular formula is C11H11N3O. The smallest absolute Gasteiger partial charge is 0.254 e. The van der Waals surface area contributed by atoms with Crippen molar-refractivity contribution in [1.82, 2.24) is 4.98 Å². The van der Waals surface area contributed by atoms with Crippen molar-refractivity contribution in [2.75, 3.05) is 5.01 Å². The number of aromatic nitrogens is 1. The Labute approximate surface area is 87.6 Å². The fraction of sp³-hybridized carbons (Fsp3) is 0.364. The predicted octanol–water partition coefficient (Wildman–Crippen LogP) is 1.58. The standard InChI is InChI=1S/C11H11N3O/c15-11-7-9(8-4-5-8)13-14(11)10-3-1-2-6-12-10/h1-3,6,8H,4-5,7H2. The summed E-state index contributed by atoms with van der Waals surface area (Å²) in [6.45, 7) is 0. The van der Waals surface area contributed by atoms with Crippen LogP contribution in [0.1, 0.15) is 19.3 Å². The van der Waals surface area contributed by atoms with Crippen LogP contribution in [0.4, 0.5) is 5.82 Å². The number of hydrazone groups is 1. The molecular weight excluding hydrogens is 190 g/mol. The van der Waals surface area contributed by atoms with E-state index in [1.54, 1.807) is 12.3 Å². The molecule has 1 aromatic heterocycles. The molecule has 4 nitrogen and oxygen atoms in total. The van der Waals surface area contributed by atoms with Crippen LogP contribution in [0.3, 0.4) is 0 Å². The minimum absolute atomic E-state index is 0.0376. The molecule has 0 spiro atoms. The maximum Gasteiger partial charge on any atom is 0.254 e. The first-order valence-corrected chi connectivity index (χ1v) is 5.16. The molecule has 3 rings (SSSR count). The molecule has 0 atom stereocenters. The summed E-state index contributed by atoms with van der Waals surface area (Å²) in [4.78, 5) is 15.8. The van der Waals surface area contributed by atoms with E-state index in [2.05, 4.69) is 10.1 Å². The quantitative estimate of drug-likeness (QED) is 0.729. The second kappa shape index (κ2) is 3.15. The number of carbonyl (C=O) groups excluding carboxylic acids is 1. The molecule has 1 amide bonds. The van der Waals surface area contributed by atoms with Crippen molar-refractivity contribution in [1.29, 1.82) is 0 Å². The molecule has 1 saturated carbocycles. The van der Waals surface area contributed by atoms with Crippen LogP contribution in [0.25, 0.3) is 0 Å². The minimum atomic E-state index is 0.0376. The maximum absolute atomic E-state index is 11.7. The van der Waals surface area contributed by atoms with Crippen molar-refractivity contribution in [2.45, 2.75) is 19.3 Å². The van der Waals surface area contributed by atoms with E-state index in [4.69, 9.17) is 0 Å². The van der Waals surface area contributed by atoms with Crippen LogP contribution in [0.15, 0.2) is 29.5 Å². The van der Waals surface area contributed by atoms with Gasteiger partial charge >= 0.3 is 0 Å². The number of amides is 1. The van der Waals surface area contributed by atoms with Crippen molar-refractivity contribution in [3.05, 3.63) is 24.4 Å². The van der Waals surface area contributed by atoms with Crippen molar-refractivity contribution >= 4 is 17.4 Å². The van der Waals surface area contributed by atoms with Gasteiger partial charge in [-0.2, -0.15) is 10.1 Å². The van der Waals surface area contributed by atoms with Crippen LogP contribution >= 0.6 is 0 Å². The van der Waals surface area contributed by atoms with Gasteiger partial charge in [0, 0.05) is 6.20 Å². The lowest BCUT2D eigenvalue weighted by Gasteiger charge is -2.08. The summed E-state index contributed by atoms with van der Waals surface area (Å²) in [5.74, 6) is 1.22. The van der Waals surface area contributed by atoms with Crippen LogP contribution < -0.4 is 5.01 Å². The molecule has 0 aromatic carbocycles. The lowest BCUT2D eigenvalue weighted by Crippen LogP contribution is -2.20. The summed E-state index contributed by atoms with van der Waals surface area (Å²) in [7, 11) is 0. The van der Waals surface area contributed by atoms with Crippen molar-refractivity contribution in [2.24, 2.45) is 11.0 Å². The van der Waals surface area contributed by atoms with Crippen LogP contribution in [-0.4, -0.2) is 16.6 Å². The first-order chi connectivity index (χ1) is 7.34. The van der Waals surface area contributed by atoms with Crippen LogP contribution in [0.2, 0.25) is 0 Å². The van der Waals surface area contributed by atoms with E-state index in [9.17, 15) is 4.79 Å². The molecule has 2 heterocycles. The molecule has 0 saturated heterocycles. The summed E-state index contributed by atoms with van der Waals surface area (Å²) >= 11 is 0. The molecule has 4 heteroatoms. The zero-order chi connectivity index (χ0) is 10.3. The van der Waals surface area contributed by atoms with Gasteiger partial charge in [-0.3, -0.25) is 4.79 Å². The fourth-order valence-electron chi connectivity index (χ4n) is 1.75. The average molecular weight is 201 g/mol. The van der Waals surface area contributed by atoms with Gasteiger partial charge in [-0.1, -0.05) is 6.07 Å². The Morgan fingerprint density at radius 1 is 1.33 bits per heavy atom. The van der Waals surface area contributed by atoms with Crippen molar-refractivity contribution in [3.8, 4) is 0 Å². The number of rotatable bonds is 2. The third-order valence-electron chi connectivity index (χ3n) is 2.71. The molecule has 0 unspecified atom stereocenters. The first-order valence-electron chi connectivity index (χ1n) is 5.16. The van der Waals surface area contributed by atoms with Crippen LogP contribution in [-0.2, 0) is 4.79 Å². The predicted molar refractivity (Wildman–Crippen MR) is 56.5 cm³/mol. The van der Waals surface area contributed by atoms with E-state index in [0.717, 1.165) is 5.71 Å². The highest BCUT2D eigenvalue weighted by atomic mass is 16.2. The summed E-state index contributed by atoms with van der Waals surface area (Å²) in [5, 5.41) is 5.76. The number of nitrogens with zero attached hydrogens (tertiary/aromatic N) is 3. The van der Waals surface area contributed by atoms with E-state index in [-0.39, 0.29) is 5.91 Å². The van der Waals surface area contributed by atoms with Gasteiger partial charge in [0.1, 0.15) is 0 Å². The Bertz CT molecular complexity index is 423. The number of hydrogen-bond donors (Lipinski definition) is 0. The van der Waals surface area contributed by atoms with Crippen LogP contribution in [0, 0.1) is 5.92 Å². The van der Waals surface area contributed by atoms with Gasteiger partial charge in [0.05, 0.1) is 12.1 Å². The van der Waals surface area contributed by atoms with Gasteiger partial charge in [0.25, 0.3) is 5.91 Å². The summed E-state index contributed by atoms with van der Waals surface area (Å²) in [6.07, 6.45) is 4.51. The number of carbonyl (C=O) groups is 1. The lowest BCUT2D eigenvalue weighted by atomic mass is 10.2. The molecule has 2 aliphatic rings. The van der Waals surface area contributed by atoms with Gasteiger partial charge < -0.3 is 0 Å². The highest BCUT2D eigenvalue weighted by Gasteiger charge is 2.35. The molecule has 1 aliphatic carbocycles. The zero-order valence-electron chi connectivity index (χ0n) is 8.26. The van der Waals surface area contributed by atoms with Gasteiger partial charge in [0.15, 0.2) is 5.82 Å². The Hall–Kier alpha value is -1.71. The molecule has 1 aromatic rings. The van der Waals surface area contributed by atoms with Crippen LogP contribution in [0.5, 0.6) is 0 Å². The number of hydrogen-bond acceptors (Lipinski definition) is 3. The van der Waals surface area contributed by atoms with Gasteiger partial charge in [-0.25, -0.2) is 4.98 Å². The lowest BCUT2D eigenvalue weighted by molar-refractivity contribution is -0.116. The van der Waals surface area contributed by atoms with Gasteiger partial charge in [0.2, 0.25) is 0 Å². The van der Waals surface area contributed by atoms with Gasteiger partial charge in [-0.05, 0) is 30.9 Å².